The maximum Gasteiger partial charge on any atom is 0.136 e. The molecule has 0 aliphatic carbocycles. The van der Waals surface area contributed by atoms with Gasteiger partial charge in [0.25, 0.3) is 0 Å². The summed E-state index contributed by atoms with van der Waals surface area (Å²) in [6, 6.07) is 90.2. The largest absolute Gasteiger partial charge is 0.456 e. The number of hydrogen-bond donors (Lipinski definition) is 0. The topological polar surface area (TPSA) is 19.6 Å². The van der Waals surface area contributed by atoms with Crippen LogP contribution in [0.2, 0.25) is 0 Å². The highest BCUT2D eigenvalue weighted by molar-refractivity contribution is 7.26. The quantitative estimate of drug-likeness (QED) is 0.151. The van der Waals surface area contributed by atoms with Crippen molar-refractivity contribution in [2.45, 2.75) is 52.4 Å². The number of benzene rings is 12. The first-order chi connectivity index (χ1) is 39.4. The van der Waals surface area contributed by atoms with Gasteiger partial charge in [0.15, 0.2) is 0 Å². The molecule has 12 aromatic carbocycles. The second-order valence-corrected chi connectivity index (χ2v) is 25.9. The van der Waals surface area contributed by atoms with Crippen molar-refractivity contribution < 1.29 is 4.42 Å². The molecule has 3 aromatic heterocycles. The summed E-state index contributed by atoms with van der Waals surface area (Å²) < 4.78 is 12.1. The molecule has 0 aliphatic rings. The molecule has 0 fully saturated rings. The minimum Gasteiger partial charge on any atom is -0.456 e. The lowest BCUT2D eigenvalue weighted by atomic mass is 9.87. The van der Waals surface area contributed by atoms with Crippen molar-refractivity contribution >= 4 is 141 Å². The van der Waals surface area contributed by atoms with Crippen molar-refractivity contribution in [3.63, 3.8) is 0 Å². The average Bonchev–Trinajstić information content (AvgIpc) is 4.41. The number of rotatable bonds is 8. The molecule has 3 nitrogen and oxygen atoms in total. The summed E-state index contributed by atoms with van der Waals surface area (Å²) >= 11 is 3.72. The summed E-state index contributed by atoms with van der Waals surface area (Å²) in [5.41, 5.74) is 15.8. The lowest BCUT2D eigenvalue weighted by molar-refractivity contribution is 0.590. The predicted octanol–water partition coefficient (Wildman–Crippen LogP) is 23.5. The summed E-state index contributed by atoms with van der Waals surface area (Å²) in [5, 5.41) is 11.8. The summed E-state index contributed by atoms with van der Waals surface area (Å²) in [7, 11) is 0. The van der Waals surface area contributed by atoms with Crippen LogP contribution in [0.5, 0.6) is 0 Å². The number of furan rings is 1. The first-order valence-electron chi connectivity index (χ1n) is 28.0. The lowest BCUT2D eigenvalue weighted by Gasteiger charge is -2.30. The Balaban J connectivity index is 0.905. The molecule has 15 aromatic rings. The number of anilines is 6. The van der Waals surface area contributed by atoms with Crippen molar-refractivity contribution in [3.8, 4) is 22.3 Å². The second-order valence-electron chi connectivity index (χ2n) is 23.7. The van der Waals surface area contributed by atoms with E-state index in [0.717, 1.165) is 66.2 Å². The fraction of sp³-hybridized carbons (Fsp3) is 0.105. The molecule has 0 unspecified atom stereocenters. The monoisotopic (exact) mass is 1080 g/mol. The summed E-state index contributed by atoms with van der Waals surface area (Å²) in [6.45, 7) is 13.7. The van der Waals surface area contributed by atoms with E-state index in [-0.39, 0.29) is 10.8 Å². The molecule has 0 amide bonds. The standard InChI is InChI=1S/C76H58N2OS2/c1-75(2,3)53-27-33-55(34-28-53)77(73-59(47-17-9-7-10-18-47)37-39-69-71(73)61-21-13-15-23-67(61)80-69)57-31-25-49-43-63-64-44-50-26-32-58(42-52(50)46-66(64)79-65(63)45-51(49)41-57)78(56-35-29-54(30-36-56)76(4,5)6)74-60(48-19-11-8-12-20-48)38-40-70-72(74)62-22-14-16-24-68(62)81-70/h7-46H,1-6H3. The zero-order valence-electron chi connectivity index (χ0n) is 46.2. The summed E-state index contributed by atoms with van der Waals surface area (Å²) in [4.78, 5) is 4.99. The van der Waals surface area contributed by atoms with Crippen molar-refractivity contribution in [1.29, 1.82) is 0 Å². The van der Waals surface area contributed by atoms with Gasteiger partial charge in [-0.3, -0.25) is 0 Å². The van der Waals surface area contributed by atoms with E-state index in [0.29, 0.717) is 0 Å². The highest BCUT2D eigenvalue weighted by Crippen LogP contribution is 2.53. The number of nitrogens with zero attached hydrogens (tertiary/aromatic N) is 2. The van der Waals surface area contributed by atoms with Crippen molar-refractivity contribution in [2.75, 3.05) is 9.80 Å². The van der Waals surface area contributed by atoms with Gasteiger partial charge in [-0.15, -0.1) is 22.7 Å². The maximum atomic E-state index is 7.02. The molecule has 81 heavy (non-hydrogen) atoms. The molecule has 0 bridgehead atoms. The van der Waals surface area contributed by atoms with Crippen LogP contribution in [0, 0.1) is 0 Å². The first kappa shape index (κ1) is 49.1. The first-order valence-corrected chi connectivity index (χ1v) is 29.7. The van der Waals surface area contributed by atoms with E-state index in [2.05, 4.69) is 294 Å². The van der Waals surface area contributed by atoms with Gasteiger partial charge in [0.05, 0.1) is 11.4 Å². The molecule has 15 rings (SSSR count). The fourth-order valence-corrected chi connectivity index (χ4v) is 14.5. The minimum absolute atomic E-state index is 0.0119. The van der Waals surface area contributed by atoms with Gasteiger partial charge >= 0.3 is 0 Å². The SMILES string of the molecule is CC(C)(C)c1ccc(N(c2ccc3cc4c(cc3c2)oc2cc3cc(N(c5ccc(C(C)(C)C)cc5)c5c(-c6ccccc6)ccc6sc7ccccc7c56)ccc3cc24)c2c(-c3ccccc3)ccc3sc4ccccc4c23)cc1. The number of fused-ring (bicyclic) bond motifs is 11. The van der Waals surface area contributed by atoms with Gasteiger partial charge in [-0.25, -0.2) is 0 Å². The lowest BCUT2D eigenvalue weighted by Crippen LogP contribution is -2.14. The van der Waals surface area contributed by atoms with Gasteiger partial charge in [0, 0.05) is 85.0 Å². The number of hydrogen-bond acceptors (Lipinski definition) is 5. The van der Waals surface area contributed by atoms with Crippen LogP contribution in [0.3, 0.4) is 0 Å². The molecular weight excluding hydrogens is 1020 g/mol. The molecule has 0 saturated heterocycles. The fourth-order valence-electron chi connectivity index (χ4n) is 12.3. The summed E-state index contributed by atoms with van der Waals surface area (Å²) in [6.07, 6.45) is 0. The van der Waals surface area contributed by atoms with E-state index in [4.69, 9.17) is 4.42 Å². The molecule has 0 saturated carbocycles. The Labute approximate surface area is 480 Å². The maximum absolute atomic E-state index is 7.02. The zero-order valence-corrected chi connectivity index (χ0v) is 47.8. The van der Waals surface area contributed by atoms with Crippen LogP contribution >= 0.6 is 22.7 Å². The van der Waals surface area contributed by atoms with Crippen LogP contribution in [0.25, 0.3) is 106 Å². The van der Waals surface area contributed by atoms with E-state index in [1.807, 2.05) is 22.7 Å². The molecule has 0 spiro atoms. The molecule has 390 valence electrons. The van der Waals surface area contributed by atoms with Crippen LogP contribution < -0.4 is 9.80 Å². The third-order valence-electron chi connectivity index (χ3n) is 16.5. The second kappa shape index (κ2) is 18.8. The normalized spacial score (nSPS) is 12.3. The Morgan fingerprint density at radius 3 is 1.10 bits per heavy atom. The predicted molar refractivity (Wildman–Crippen MR) is 352 cm³/mol. The highest BCUT2D eigenvalue weighted by atomic mass is 32.1. The Morgan fingerprint density at radius 2 is 0.691 bits per heavy atom. The Morgan fingerprint density at radius 1 is 0.309 bits per heavy atom. The molecule has 0 atom stereocenters. The van der Waals surface area contributed by atoms with Crippen LogP contribution in [-0.4, -0.2) is 0 Å². The smallest absolute Gasteiger partial charge is 0.136 e. The van der Waals surface area contributed by atoms with Gasteiger partial charge in [-0.2, -0.15) is 0 Å². The van der Waals surface area contributed by atoms with E-state index < -0.39 is 0 Å². The van der Waals surface area contributed by atoms with E-state index >= 15 is 0 Å². The van der Waals surface area contributed by atoms with Gasteiger partial charge in [-0.1, -0.05) is 187 Å². The van der Waals surface area contributed by atoms with E-state index in [1.165, 1.54) is 85.1 Å². The van der Waals surface area contributed by atoms with Crippen LogP contribution in [0.15, 0.2) is 247 Å². The zero-order chi connectivity index (χ0) is 54.7. The van der Waals surface area contributed by atoms with Gasteiger partial charge in [-0.05, 0) is 152 Å². The van der Waals surface area contributed by atoms with Crippen molar-refractivity contribution in [3.05, 3.63) is 254 Å². The Kier molecular flexibility index (Phi) is 11.4. The van der Waals surface area contributed by atoms with Crippen LogP contribution in [0.1, 0.15) is 52.7 Å². The van der Waals surface area contributed by atoms with Crippen LogP contribution in [-0.2, 0) is 10.8 Å². The van der Waals surface area contributed by atoms with Crippen molar-refractivity contribution in [1.82, 2.24) is 0 Å². The molecular formula is C76H58N2OS2. The third-order valence-corrected chi connectivity index (χ3v) is 18.8. The number of thiophene rings is 2. The van der Waals surface area contributed by atoms with Crippen molar-refractivity contribution in [2.24, 2.45) is 0 Å². The van der Waals surface area contributed by atoms with Gasteiger partial charge in [0.1, 0.15) is 11.2 Å². The Hall–Kier alpha value is -9.00. The highest BCUT2D eigenvalue weighted by Gasteiger charge is 2.27. The summed E-state index contributed by atoms with van der Waals surface area (Å²) in [5.74, 6) is 0. The Bertz CT molecular complexity index is 4630. The van der Waals surface area contributed by atoms with Crippen LogP contribution in [0.4, 0.5) is 34.1 Å². The van der Waals surface area contributed by atoms with E-state index in [1.54, 1.807) is 0 Å². The minimum atomic E-state index is 0.0119. The third kappa shape index (κ3) is 8.37. The average molecular weight is 1080 g/mol. The molecule has 0 N–H and O–H groups in total. The molecule has 0 radical (unpaired) electrons. The van der Waals surface area contributed by atoms with E-state index in [9.17, 15) is 0 Å². The van der Waals surface area contributed by atoms with Gasteiger partial charge in [0.2, 0.25) is 0 Å². The molecule has 3 heterocycles. The van der Waals surface area contributed by atoms with Gasteiger partial charge < -0.3 is 14.2 Å². The molecule has 5 heteroatoms. The molecule has 0 aliphatic heterocycles.